The molecule has 0 fully saturated rings. The molecule has 1 amide bonds. The van der Waals surface area contributed by atoms with Gasteiger partial charge in [0, 0.05) is 18.8 Å². The maximum atomic E-state index is 13.3. The Morgan fingerprint density at radius 3 is 2.57 bits per heavy atom. The van der Waals surface area contributed by atoms with Gasteiger partial charge in [0.05, 0.1) is 6.61 Å². The van der Waals surface area contributed by atoms with Crippen LogP contribution >= 0.6 is 11.3 Å². The van der Waals surface area contributed by atoms with E-state index >= 15 is 0 Å². The summed E-state index contributed by atoms with van der Waals surface area (Å²) in [5.41, 5.74) is 2.75. The molecular formula is C22H22N2O4S2. The fourth-order valence-electron chi connectivity index (χ4n) is 3.47. The van der Waals surface area contributed by atoms with Crippen LogP contribution in [0.4, 0.5) is 5.69 Å². The summed E-state index contributed by atoms with van der Waals surface area (Å²) in [6.45, 7) is 3.17. The Morgan fingerprint density at radius 2 is 1.83 bits per heavy atom. The van der Waals surface area contributed by atoms with Gasteiger partial charge in [-0.1, -0.05) is 24.3 Å². The number of amides is 1. The summed E-state index contributed by atoms with van der Waals surface area (Å²) < 4.78 is 33.4. The highest BCUT2D eigenvalue weighted by Gasteiger charge is 2.32. The molecule has 1 aliphatic rings. The molecule has 3 aromatic rings. The first-order valence-electron chi connectivity index (χ1n) is 9.67. The van der Waals surface area contributed by atoms with E-state index in [2.05, 4.69) is 5.32 Å². The molecule has 0 aliphatic carbocycles. The monoisotopic (exact) mass is 442 g/mol. The first kappa shape index (κ1) is 20.6. The molecule has 0 unspecified atom stereocenters. The van der Waals surface area contributed by atoms with Gasteiger partial charge >= 0.3 is 0 Å². The number of nitrogens with one attached hydrogen (secondary N) is 1. The molecule has 0 radical (unpaired) electrons. The number of thiophene rings is 1. The fraction of sp³-hybridized carbons (Fsp3) is 0.227. The van der Waals surface area contributed by atoms with E-state index < -0.39 is 15.9 Å². The van der Waals surface area contributed by atoms with Crippen LogP contribution in [0.3, 0.4) is 0 Å². The molecule has 1 aromatic heterocycles. The first-order chi connectivity index (χ1) is 14.5. The second-order valence-corrected chi connectivity index (χ2v) is 9.71. The van der Waals surface area contributed by atoms with Crippen LogP contribution < -0.4 is 10.1 Å². The van der Waals surface area contributed by atoms with Gasteiger partial charge in [0.15, 0.2) is 0 Å². The van der Waals surface area contributed by atoms with E-state index in [4.69, 9.17) is 4.74 Å². The van der Waals surface area contributed by atoms with Crippen molar-refractivity contribution in [3.05, 3.63) is 76.0 Å². The predicted octanol–water partition coefficient (Wildman–Crippen LogP) is 4.15. The minimum Gasteiger partial charge on any atom is -0.494 e. The number of anilines is 1. The molecule has 0 spiro atoms. The van der Waals surface area contributed by atoms with Crippen molar-refractivity contribution >= 4 is 33.0 Å². The zero-order valence-corrected chi connectivity index (χ0v) is 18.1. The zero-order valence-electron chi connectivity index (χ0n) is 16.5. The van der Waals surface area contributed by atoms with Gasteiger partial charge in [0.25, 0.3) is 5.91 Å². The second-order valence-electron chi connectivity index (χ2n) is 6.88. The normalized spacial score (nSPS) is 14.2. The minimum absolute atomic E-state index is 0.0512. The van der Waals surface area contributed by atoms with Gasteiger partial charge in [0.1, 0.15) is 15.5 Å². The Labute approximate surface area is 180 Å². The van der Waals surface area contributed by atoms with E-state index in [9.17, 15) is 13.2 Å². The number of hydrogen-bond donors (Lipinski definition) is 1. The number of hydrogen-bond acceptors (Lipinski definition) is 5. The third-order valence-electron chi connectivity index (χ3n) is 4.97. The summed E-state index contributed by atoms with van der Waals surface area (Å²) in [6.07, 6.45) is 0.660. The summed E-state index contributed by atoms with van der Waals surface area (Å²) in [5.74, 6) is 0.269. The number of benzene rings is 2. The standard InChI is InChI=1S/C22H22N2O4S2/c1-2-28-19-9-7-18(8-10-19)23-22(25)21-20(12-14-29-21)30(26,27)24-13-11-16-5-3-4-6-17(16)15-24/h3-10,12,14H,2,11,13,15H2,1H3,(H,23,25). The molecule has 0 saturated carbocycles. The quantitative estimate of drug-likeness (QED) is 0.622. The van der Waals surface area contributed by atoms with Crippen molar-refractivity contribution in [2.24, 2.45) is 0 Å². The second kappa shape index (κ2) is 8.59. The zero-order chi connectivity index (χ0) is 21.1. The summed E-state index contributed by atoms with van der Waals surface area (Å²) in [4.78, 5) is 13.1. The van der Waals surface area contributed by atoms with Crippen molar-refractivity contribution in [2.75, 3.05) is 18.5 Å². The van der Waals surface area contributed by atoms with Gasteiger partial charge in [0.2, 0.25) is 10.0 Å². The van der Waals surface area contributed by atoms with Gasteiger partial charge in [-0.15, -0.1) is 11.3 Å². The van der Waals surface area contributed by atoms with Crippen LogP contribution in [-0.4, -0.2) is 31.8 Å². The SMILES string of the molecule is CCOc1ccc(NC(=O)c2sccc2S(=O)(=O)N2CCc3ccccc3C2)cc1. The lowest BCUT2D eigenvalue weighted by molar-refractivity contribution is 0.102. The molecule has 1 N–H and O–H groups in total. The molecule has 2 aromatic carbocycles. The molecule has 1 aliphatic heterocycles. The van der Waals surface area contributed by atoms with Crippen molar-refractivity contribution in [3.63, 3.8) is 0 Å². The Balaban J connectivity index is 1.54. The molecule has 8 heteroatoms. The van der Waals surface area contributed by atoms with Crippen molar-refractivity contribution in [2.45, 2.75) is 24.8 Å². The van der Waals surface area contributed by atoms with Crippen LogP contribution in [0, 0.1) is 0 Å². The molecule has 2 heterocycles. The number of nitrogens with zero attached hydrogens (tertiary/aromatic N) is 1. The van der Waals surface area contributed by atoms with E-state index in [0.717, 1.165) is 16.9 Å². The van der Waals surface area contributed by atoms with Crippen molar-refractivity contribution in [1.82, 2.24) is 4.31 Å². The van der Waals surface area contributed by atoms with Crippen LogP contribution in [0.1, 0.15) is 27.7 Å². The molecule has 0 bridgehead atoms. The van der Waals surface area contributed by atoms with Gasteiger partial charge in [-0.25, -0.2) is 8.42 Å². The summed E-state index contributed by atoms with van der Waals surface area (Å²) in [5, 5.41) is 4.41. The van der Waals surface area contributed by atoms with Crippen molar-refractivity contribution in [1.29, 1.82) is 0 Å². The Bertz CT molecular complexity index is 1150. The van der Waals surface area contributed by atoms with Crippen molar-refractivity contribution in [3.8, 4) is 5.75 Å². The third kappa shape index (κ3) is 4.12. The molecule has 6 nitrogen and oxygen atoms in total. The smallest absolute Gasteiger partial charge is 0.267 e. The first-order valence-corrected chi connectivity index (χ1v) is 12.0. The number of ether oxygens (including phenoxy) is 1. The lowest BCUT2D eigenvalue weighted by Crippen LogP contribution is -2.36. The molecule has 4 rings (SSSR count). The van der Waals surface area contributed by atoms with Gasteiger partial charge in [-0.2, -0.15) is 4.31 Å². The van der Waals surface area contributed by atoms with E-state index in [-0.39, 0.29) is 9.77 Å². The largest absolute Gasteiger partial charge is 0.494 e. The fourth-order valence-corrected chi connectivity index (χ4v) is 6.18. The average molecular weight is 443 g/mol. The average Bonchev–Trinajstić information content (AvgIpc) is 3.26. The molecule has 30 heavy (non-hydrogen) atoms. The lowest BCUT2D eigenvalue weighted by Gasteiger charge is -2.28. The van der Waals surface area contributed by atoms with Crippen LogP contribution in [0.25, 0.3) is 0 Å². The van der Waals surface area contributed by atoms with Gasteiger partial charge in [-0.05, 0) is 60.2 Å². The van der Waals surface area contributed by atoms with Crippen LogP contribution in [0.2, 0.25) is 0 Å². The topological polar surface area (TPSA) is 75.7 Å². The highest BCUT2D eigenvalue weighted by atomic mass is 32.2. The van der Waals surface area contributed by atoms with Gasteiger partial charge < -0.3 is 10.1 Å². The Hall–Kier alpha value is -2.68. The van der Waals surface area contributed by atoms with Crippen LogP contribution in [0.15, 0.2) is 64.9 Å². The molecule has 156 valence electrons. The maximum Gasteiger partial charge on any atom is 0.267 e. The number of fused-ring (bicyclic) bond motifs is 1. The van der Waals surface area contributed by atoms with E-state index in [0.29, 0.717) is 37.6 Å². The summed E-state index contributed by atoms with van der Waals surface area (Å²) in [6, 6.07) is 16.3. The Morgan fingerprint density at radius 1 is 1.10 bits per heavy atom. The van der Waals surface area contributed by atoms with E-state index in [1.807, 2.05) is 31.2 Å². The number of carbonyl (C=O) groups excluding carboxylic acids is 1. The minimum atomic E-state index is -3.78. The third-order valence-corrected chi connectivity index (χ3v) is 7.90. The highest BCUT2D eigenvalue weighted by Crippen LogP contribution is 2.30. The molecular weight excluding hydrogens is 420 g/mol. The van der Waals surface area contributed by atoms with Crippen LogP contribution in [-0.2, 0) is 23.0 Å². The predicted molar refractivity (Wildman–Crippen MR) is 118 cm³/mol. The summed E-state index contributed by atoms with van der Waals surface area (Å²) >= 11 is 1.12. The number of rotatable bonds is 6. The number of sulfonamides is 1. The lowest BCUT2D eigenvalue weighted by atomic mass is 10.0. The molecule has 0 saturated heterocycles. The Kier molecular flexibility index (Phi) is 5.90. The van der Waals surface area contributed by atoms with E-state index in [1.165, 1.54) is 15.9 Å². The van der Waals surface area contributed by atoms with Crippen LogP contribution in [0.5, 0.6) is 5.75 Å². The maximum absolute atomic E-state index is 13.3. The van der Waals surface area contributed by atoms with Crippen molar-refractivity contribution < 1.29 is 17.9 Å². The summed E-state index contributed by atoms with van der Waals surface area (Å²) in [7, 11) is -3.78. The van der Waals surface area contributed by atoms with E-state index in [1.54, 1.807) is 29.6 Å². The van der Waals surface area contributed by atoms with Gasteiger partial charge in [-0.3, -0.25) is 4.79 Å². The highest BCUT2D eigenvalue weighted by molar-refractivity contribution is 7.89. The molecule has 0 atom stereocenters. The number of carbonyl (C=O) groups is 1.